The number of aliphatic carboxylic acids is 1. The molecule has 4 N–H and O–H groups in total. The maximum Gasteiger partial charge on any atom is 0.415 e. The molecule has 1 heterocycles. The quantitative estimate of drug-likeness (QED) is 0.256. The average molecular weight is 442 g/mol. The predicted octanol–water partition coefficient (Wildman–Crippen LogP) is 2.47. The number of rotatable bonds is 8. The van der Waals surface area contributed by atoms with E-state index in [0.29, 0.717) is 18.4 Å². The number of carbonyl (C=O) groups is 4. The zero-order valence-corrected chi connectivity index (χ0v) is 19.4. The van der Waals surface area contributed by atoms with Gasteiger partial charge in [0, 0.05) is 17.6 Å². The molecule has 0 saturated carbocycles. The van der Waals surface area contributed by atoms with Gasteiger partial charge in [-0.1, -0.05) is 6.08 Å². The number of carboxylic acids is 1. The first kappa shape index (κ1) is 26.4. The van der Waals surface area contributed by atoms with Crippen LogP contribution in [0.5, 0.6) is 0 Å². The summed E-state index contributed by atoms with van der Waals surface area (Å²) in [6.07, 6.45) is 1.08. The second-order valence-corrected chi connectivity index (χ2v) is 9.67. The normalized spacial score (nSPS) is 17.8. The third-order valence-corrected chi connectivity index (χ3v) is 4.40. The van der Waals surface area contributed by atoms with Crippen molar-refractivity contribution in [1.82, 2.24) is 16.0 Å². The first-order chi connectivity index (χ1) is 14.0. The lowest BCUT2D eigenvalue weighted by Gasteiger charge is -2.27. The summed E-state index contributed by atoms with van der Waals surface area (Å²) in [6, 6.07) is -1.10. The highest BCUT2D eigenvalue weighted by molar-refractivity contribution is 5.98. The van der Waals surface area contributed by atoms with Crippen molar-refractivity contribution in [2.45, 2.75) is 90.4 Å². The number of hydrogen-bond donors (Lipinski definition) is 4. The highest BCUT2D eigenvalue weighted by atomic mass is 16.6. The summed E-state index contributed by atoms with van der Waals surface area (Å²) in [5, 5.41) is 17.3. The molecule has 0 aromatic heterocycles. The summed E-state index contributed by atoms with van der Waals surface area (Å²) < 4.78 is 9.92. The smallest absolute Gasteiger partial charge is 0.415 e. The summed E-state index contributed by atoms with van der Waals surface area (Å²) in [6.45, 7) is 12.7. The Bertz CT molecular complexity index is 736. The van der Waals surface area contributed by atoms with Gasteiger partial charge in [0.25, 0.3) is 0 Å². The molecule has 1 rings (SSSR count). The van der Waals surface area contributed by atoms with Crippen LogP contribution < -0.4 is 16.0 Å². The first-order valence-electron chi connectivity index (χ1n) is 10.3. The van der Waals surface area contributed by atoms with E-state index >= 15 is 0 Å². The van der Waals surface area contributed by atoms with E-state index in [1.807, 2.05) is 27.7 Å². The number of ether oxygens (including phenoxy) is 2. The van der Waals surface area contributed by atoms with Crippen LogP contribution in [0.2, 0.25) is 0 Å². The lowest BCUT2D eigenvalue weighted by molar-refractivity contribution is -0.139. The molecule has 10 heteroatoms. The number of hydrogen-bond acceptors (Lipinski definition) is 7. The molecule has 10 nitrogen and oxygen atoms in total. The maximum absolute atomic E-state index is 12.3. The number of unbranched alkanes of at least 4 members (excludes halogenated alkanes) is 1. The lowest BCUT2D eigenvalue weighted by atomic mass is 9.97. The molecule has 1 atom stereocenters. The van der Waals surface area contributed by atoms with Crippen molar-refractivity contribution in [3.8, 4) is 0 Å². The Morgan fingerprint density at radius 1 is 1.10 bits per heavy atom. The molecule has 1 aliphatic rings. The maximum atomic E-state index is 12.3. The van der Waals surface area contributed by atoms with Gasteiger partial charge < -0.3 is 25.2 Å². The molecule has 0 fully saturated rings. The summed E-state index contributed by atoms with van der Waals surface area (Å²) in [4.78, 5) is 47.3. The molecule has 0 radical (unpaired) electrons. The minimum Gasteiger partial charge on any atom is -0.480 e. The topological polar surface area (TPSA) is 143 Å². The Morgan fingerprint density at radius 3 is 2.19 bits per heavy atom. The van der Waals surface area contributed by atoms with E-state index in [1.165, 1.54) is 0 Å². The first-order valence-corrected chi connectivity index (χ1v) is 10.3. The largest absolute Gasteiger partial charge is 0.480 e. The number of esters is 1. The van der Waals surface area contributed by atoms with Crippen molar-refractivity contribution in [3.05, 3.63) is 11.6 Å². The third kappa shape index (κ3) is 9.37. The number of nitrogens with one attached hydrogen (secondary N) is 3. The monoisotopic (exact) mass is 441 g/mol. The fraction of sp³-hybridized carbons (Fsp3) is 0.714. The predicted molar refractivity (Wildman–Crippen MR) is 114 cm³/mol. The van der Waals surface area contributed by atoms with Crippen molar-refractivity contribution in [2.24, 2.45) is 0 Å². The minimum atomic E-state index is -1.17. The molecule has 31 heavy (non-hydrogen) atoms. The standard InChI is InChI=1S/C21H35N3O7/c1-19(2,3)31-18(29)23-14(15(25)26)10-8-9-11-22-17(28)30-16(27)13-12-20(4,5)24-21(13,6)7/h12,14,24H,8-11H2,1-7H3,(H,22,28)(H,23,29)(H,25,26)/t14-/m0/s1. The summed E-state index contributed by atoms with van der Waals surface area (Å²) in [5.41, 5.74) is -1.36. The van der Waals surface area contributed by atoms with Crippen LogP contribution in [0, 0.1) is 0 Å². The van der Waals surface area contributed by atoms with Gasteiger partial charge in [-0.3, -0.25) is 5.32 Å². The lowest BCUT2D eigenvalue weighted by Crippen LogP contribution is -2.47. The van der Waals surface area contributed by atoms with E-state index in [1.54, 1.807) is 26.8 Å². The molecule has 0 aromatic rings. The zero-order valence-electron chi connectivity index (χ0n) is 19.4. The molecule has 0 aliphatic carbocycles. The van der Waals surface area contributed by atoms with Crippen LogP contribution in [0.15, 0.2) is 11.6 Å². The van der Waals surface area contributed by atoms with Crippen LogP contribution in [0.3, 0.4) is 0 Å². The molecule has 0 spiro atoms. The molecule has 2 amide bonds. The van der Waals surface area contributed by atoms with Crippen molar-refractivity contribution in [1.29, 1.82) is 0 Å². The molecular formula is C21H35N3O7. The number of carbonyl (C=O) groups excluding carboxylic acids is 3. The van der Waals surface area contributed by atoms with Gasteiger partial charge >= 0.3 is 24.1 Å². The van der Waals surface area contributed by atoms with Crippen LogP contribution in [-0.2, 0) is 19.1 Å². The van der Waals surface area contributed by atoms with E-state index in [9.17, 15) is 24.3 Å². The molecule has 1 aliphatic heterocycles. The highest BCUT2D eigenvalue weighted by Gasteiger charge is 2.41. The van der Waals surface area contributed by atoms with Crippen molar-refractivity contribution in [3.63, 3.8) is 0 Å². The fourth-order valence-electron chi connectivity index (χ4n) is 3.31. The van der Waals surface area contributed by atoms with Crippen molar-refractivity contribution < 1.29 is 33.8 Å². The van der Waals surface area contributed by atoms with Gasteiger partial charge in [0.15, 0.2) is 0 Å². The Labute approximate surface area is 183 Å². The van der Waals surface area contributed by atoms with Crippen LogP contribution in [0.25, 0.3) is 0 Å². The zero-order chi connectivity index (χ0) is 24.0. The molecule has 0 unspecified atom stereocenters. The number of amides is 2. The second kappa shape index (κ2) is 10.1. The fourth-order valence-corrected chi connectivity index (χ4v) is 3.31. The van der Waals surface area contributed by atoms with Crippen molar-refractivity contribution in [2.75, 3.05) is 6.54 Å². The highest BCUT2D eigenvalue weighted by Crippen LogP contribution is 2.30. The van der Waals surface area contributed by atoms with Crippen LogP contribution in [0.1, 0.15) is 67.7 Å². The SMILES string of the molecule is CC1(C)C=C(C(=O)OC(=O)NCCCC[C@H](NC(=O)OC(C)(C)C)C(=O)O)C(C)(C)N1. The van der Waals surface area contributed by atoms with Gasteiger partial charge in [-0.05, 0) is 67.7 Å². The molecule has 0 aromatic carbocycles. The molecule has 176 valence electrons. The van der Waals surface area contributed by atoms with Gasteiger partial charge in [-0.15, -0.1) is 0 Å². The van der Waals surface area contributed by atoms with Gasteiger partial charge in [0.05, 0.1) is 5.57 Å². The molecule has 0 saturated heterocycles. The van der Waals surface area contributed by atoms with Gasteiger partial charge in [-0.2, -0.15) is 0 Å². The second-order valence-electron chi connectivity index (χ2n) is 9.67. The number of alkyl carbamates (subject to hydrolysis) is 2. The average Bonchev–Trinajstić information content (AvgIpc) is 2.78. The van der Waals surface area contributed by atoms with E-state index in [-0.39, 0.29) is 18.5 Å². The van der Waals surface area contributed by atoms with E-state index in [0.717, 1.165) is 0 Å². The number of carboxylic acid groups (broad SMARTS) is 1. The van der Waals surface area contributed by atoms with Gasteiger partial charge in [0.1, 0.15) is 11.6 Å². The van der Waals surface area contributed by atoms with Crippen LogP contribution >= 0.6 is 0 Å². The summed E-state index contributed by atoms with van der Waals surface area (Å²) in [7, 11) is 0. The van der Waals surface area contributed by atoms with Crippen LogP contribution in [0.4, 0.5) is 9.59 Å². The Morgan fingerprint density at radius 2 is 1.71 bits per heavy atom. The third-order valence-electron chi connectivity index (χ3n) is 4.40. The molecular weight excluding hydrogens is 406 g/mol. The Kier molecular flexibility index (Phi) is 8.63. The summed E-state index contributed by atoms with van der Waals surface area (Å²) in [5.74, 6) is -1.89. The summed E-state index contributed by atoms with van der Waals surface area (Å²) >= 11 is 0. The van der Waals surface area contributed by atoms with Gasteiger partial charge in [-0.25, -0.2) is 19.2 Å². The Hall–Kier alpha value is -2.62. The Balaban J connectivity index is 2.38. The van der Waals surface area contributed by atoms with E-state index in [2.05, 4.69) is 16.0 Å². The minimum absolute atomic E-state index is 0.159. The van der Waals surface area contributed by atoms with E-state index < -0.39 is 41.3 Å². The molecule has 0 bridgehead atoms. The van der Waals surface area contributed by atoms with E-state index in [4.69, 9.17) is 9.47 Å². The van der Waals surface area contributed by atoms with Gasteiger partial charge in [0.2, 0.25) is 0 Å². The van der Waals surface area contributed by atoms with Crippen molar-refractivity contribution >= 4 is 24.1 Å². The van der Waals surface area contributed by atoms with Crippen LogP contribution in [-0.4, -0.2) is 58.5 Å².